The standard InChI is InChI=1S/C27H22ClN5O4/c1-35-21-11-12-22(24(13-21)36-2)26(34)30-20-9-3-17(4-10-20)14-33-15-23(29-16-33)27-31-25(32-37-27)18-5-7-19(28)8-6-18/h3-13,15-16H,14H2,1-2H3,(H,30,34). The predicted molar refractivity (Wildman–Crippen MR) is 139 cm³/mol. The van der Waals surface area contributed by atoms with Crippen molar-refractivity contribution in [2.75, 3.05) is 19.5 Å². The van der Waals surface area contributed by atoms with Gasteiger partial charge in [0.05, 0.1) is 26.1 Å². The van der Waals surface area contributed by atoms with Crippen LogP contribution in [-0.2, 0) is 6.54 Å². The van der Waals surface area contributed by atoms with Gasteiger partial charge in [0.2, 0.25) is 5.82 Å². The lowest BCUT2D eigenvalue weighted by Crippen LogP contribution is -2.13. The largest absolute Gasteiger partial charge is 0.497 e. The van der Waals surface area contributed by atoms with Crippen LogP contribution in [0.5, 0.6) is 11.5 Å². The Kier molecular flexibility index (Phi) is 6.87. The van der Waals surface area contributed by atoms with Crippen LogP contribution >= 0.6 is 11.6 Å². The number of halogens is 1. The van der Waals surface area contributed by atoms with E-state index in [2.05, 4.69) is 20.4 Å². The maximum absolute atomic E-state index is 12.7. The first-order chi connectivity index (χ1) is 18.0. The number of rotatable bonds is 8. The molecule has 0 saturated heterocycles. The van der Waals surface area contributed by atoms with Crippen molar-refractivity contribution in [2.45, 2.75) is 6.54 Å². The Morgan fingerprint density at radius 2 is 1.81 bits per heavy atom. The Morgan fingerprint density at radius 3 is 2.54 bits per heavy atom. The number of benzene rings is 3. The van der Waals surface area contributed by atoms with E-state index < -0.39 is 0 Å². The Labute approximate surface area is 217 Å². The van der Waals surface area contributed by atoms with E-state index in [0.717, 1.165) is 11.1 Å². The highest BCUT2D eigenvalue weighted by Crippen LogP contribution is 2.26. The van der Waals surface area contributed by atoms with E-state index in [1.54, 1.807) is 43.8 Å². The summed E-state index contributed by atoms with van der Waals surface area (Å²) in [6.07, 6.45) is 3.54. The Hall–Kier alpha value is -4.63. The van der Waals surface area contributed by atoms with Crippen molar-refractivity contribution in [1.82, 2.24) is 19.7 Å². The number of anilines is 1. The van der Waals surface area contributed by atoms with Crippen LogP contribution < -0.4 is 14.8 Å². The first-order valence-corrected chi connectivity index (χ1v) is 11.6. The second kappa shape index (κ2) is 10.5. The number of carbonyl (C=O) groups excluding carboxylic acids is 1. The van der Waals surface area contributed by atoms with E-state index in [1.807, 2.05) is 47.2 Å². The van der Waals surface area contributed by atoms with Crippen LogP contribution in [0.1, 0.15) is 15.9 Å². The van der Waals surface area contributed by atoms with Gasteiger partial charge in [0, 0.05) is 35.1 Å². The molecule has 37 heavy (non-hydrogen) atoms. The zero-order valence-corrected chi connectivity index (χ0v) is 20.8. The van der Waals surface area contributed by atoms with Crippen LogP contribution in [0.25, 0.3) is 23.0 Å². The molecule has 0 atom stereocenters. The van der Waals surface area contributed by atoms with E-state index >= 15 is 0 Å². The molecular weight excluding hydrogens is 494 g/mol. The quantitative estimate of drug-likeness (QED) is 0.288. The molecule has 2 heterocycles. The molecular formula is C27H22ClN5O4. The number of aromatic nitrogens is 4. The first-order valence-electron chi connectivity index (χ1n) is 11.3. The van der Waals surface area contributed by atoms with Gasteiger partial charge in [0.25, 0.3) is 11.8 Å². The SMILES string of the molecule is COc1ccc(C(=O)Nc2ccc(Cn3cnc(-c4nc(-c5ccc(Cl)cc5)no4)c3)cc2)c(OC)c1. The van der Waals surface area contributed by atoms with Crippen LogP contribution in [0, 0.1) is 0 Å². The summed E-state index contributed by atoms with van der Waals surface area (Å²) in [5, 5.41) is 7.56. The summed E-state index contributed by atoms with van der Waals surface area (Å²) in [5.74, 6) is 1.57. The van der Waals surface area contributed by atoms with Crippen LogP contribution in [0.4, 0.5) is 5.69 Å². The second-order valence-corrected chi connectivity index (χ2v) is 8.51. The van der Waals surface area contributed by atoms with Crippen LogP contribution in [0.15, 0.2) is 83.8 Å². The number of hydrogen-bond donors (Lipinski definition) is 1. The molecule has 0 fully saturated rings. The Bertz CT molecular complexity index is 1530. The van der Waals surface area contributed by atoms with Crippen molar-refractivity contribution in [2.24, 2.45) is 0 Å². The minimum atomic E-state index is -0.274. The van der Waals surface area contributed by atoms with Crippen LogP contribution in [0.3, 0.4) is 0 Å². The van der Waals surface area contributed by atoms with Gasteiger partial charge in [-0.25, -0.2) is 4.98 Å². The lowest BCUT2D eigenvalue weighted by atomic mass is 10.1. The molecule has 2 aromatic heterocycles. The summed E-state index contributed by atoms with van der Waals surface area (Å²) < 4.78 is 17.8. The highest BCUT2D eigenvalue weighted by atomic mass is 35.5. The molecule has 1 N–H and O–H groups in total. The second-order valence-electron chi connectivity index (χ2n) is 8.08. The summed E-state index contributed by atoms with van der Waals surface area (Å²) >= 11 is 5.94. The highest BCUT2D eigenvalue weighted by molar-refractivity contribution is 6.30. The van der Waals surface area contributed by atoms with Gasteiger partial charge >= 0.3 is 0 Å². The molecule has 0 radical (unpaired) electrons. The van der Waals surface area contributed by atoms with Gasteiger partial charge in [0.15, 0.2) is 0 Å². The number of imidazole rings is 1. The molecule has 0 aliphatic heterocycles. The van der Waals surface area contributed by atoms with Gasteiger partial charge in [-0.3, -0.25) is 4.79 Å². The molecule has 5 aromatic rings. The van der Waals surface area contributed by atoms with Crippen molar-refractivity contribution >= 4 is 23.2 Å². The van der Waals surface area contributed by atoms with E-state index in [9.17, 15) is 4.79 Å². The minimum Gasteiger partial charge on any atom is -0.497 e. The molecule has 0 aliphatic carbocycles. The number of ether oxygens (including phenoxy) is 2. The fourth-order valence-corrected chi connectivity index (χ4v) is 3.82. The molecule has 186 valence electrons. The average Bonchev–Trinajstić information content (AvgIpc) is 3.60. The molecule has 0 spiro atoms. The molecule has 5 rings (SSSR count). The number of amides is 1. The smallest absolute Gasteiger partial charge is 0.278 e. The first kappa shape index (κ1) is 24.1. The van der Waals surface area contributed by atoms with Crippen molar-refractivity contribution in [3.05, 3.63) is 95.4 Å². The zero-order chi connectivity index (χ0) is 25.8. The zero-order valence-electron chi connectivity index (χ0n) is 20.0. The molecule has 0 unspecified atom stereocenters. The fourth-order valence-electron chi connectivity index (χ4n) is 3.69. The molecule has 1 amide bonds. The summed E-state index contributed by atoms with van der Waals surface area (Å²) in [4.78, 5) is 21.6. The summed E-state index contributed by atoms with van der Waals surface area (Å²) in [6.45, 7) is 0.575. The van der Waals surface area contributed by atoms with Gasteiger partial charge < -0.3 is 23.9 Å². The third-order valence-electron chi connectivity index (χ3n) is 5.61. The maximum atomic E-state index is 12.7. The van der Waals surface area contributed by atoms with Gasteiger partial charge in [-0.05, 0) is 54.1 Å². The highest BCUT2D eigenvalue weighted by Gasteiger charge is 2.15. The third-order valence-corrected chi connectivity index (χ3v) is 5.86. The topological polar surface area (TPSA) is 104 Å². The van der Waals surface area contributed by atoms with E-state index in [4.69, 9.17) is 25.6 Å². The molecule has 10 heteroatoms. The van der Waals surface area contributed by atoms with Crippen molar-refractivity contribution in [3.63, 3.8) is 0 Å². The number of nitrogens with one attached hydrogen (secondary N) is 1. The van der Waals surface area contributed by atoms with Gasteiger partial charge in [-0.2, -0.15) is 4.98 Å². The van der Waals surface area contributed by atoms with Crippen molar-refractivity contribution < 1.29 is 18.8 Å². The normalized spacial score (nSPS) is 10.8. The molecule has 0 bridgehead atoms. The monoisotopic (exact) mass is 515 g/mol. The van der Waals surface area contributed by atoms with Gasteiger partial charge in [-0.15, -0.1) is 0 Å². The lowest BCUT2D eigenvalue weighted by Gasteiger charge is -2.11. The average molecular weight is 516 g/mol. The van der Waals surface area contributed by atoms with Crippen molar-refractivity contribution in [3.8, 4) is 34.5 Å². The summed E-state index contributed by atoms with van der Waals surface area (Å²) in [5.41, 5.74) is 3.48. The Morgan fingerprint density at radius 1 is 1.03 bits per heavy atom. The van der Waals surface area contributed by atoms with Gasteiger partial charge in [0.1, 0.15) is 17.2 Å². The molecule has 3 aromatic carbocycles. The third kappa shape index (κ3) is 5.46. The molecule has 0 saturated carbocycles. The fraction of sp³-hybridized carbons (Fsp3) is 0.111. The minimum absolute atomic E-state index is 0.274. The number of hydrogen-bond acceptors (Lipinski definition) is 7. The molecule has 9 nitrogen and oxygen atoms in total. The van der Waals surface area contributed by atoms with Crippen LogP contribution in [0.2, 0.25) is 5.02 Å². The van der Waals surface area contributed by atoms with Gasteiger partial charge in [-0.1, -0.05) is 28.9 Å². The molecule has 0 aliphatic rings. The number of nitrogens with zero attached hydrogens (tertiary/aromatic N) is 4. The summed E-state index contributed by atoms with van der Waals surface area (Å²) in [7, 11) is 3.07. The Balaban J connectivity index is 1.23. The van der Waals surface area contributed by atoms with Crippen molar-refractivity contribution in [1.29, 1.82) is 0 Å². The lowest BCUT2D eigenvalue weighted by molar-refractivity contribution is 0.102. The number of methoxy groups -OCH3 is 2. The van der Waals surface area contributed by atoms with E-state index in [-0.39, 0.29) is 5.91 Å². The summed E-state index contributed by atoms with van der Waals surface area (Å²) in [6, 6.07) is 19.8. The van der Waals surface area contributed by atoms with Crippen LogP contribution in [-0.4, -0.2) is 39.8 Å². The van der Waals surface area contributed by atoms with E-state index in [0.29, 0.717) is 51.7 Å². The maximum Gasteiger partial charge on any atom is 0.278 e. The van der Waals surface area contributed by atoms with E-state index in [1.165, 1.54) is 7.11 Å². The number of carbonyl (C=O) groups is 1. The predicted octanol–water partition coefficient (Wildman–Crippen LogP) is 5.57.